The summed E-state index contributed by atoms with van der Waals surface area (Å²) in [7, 11) is 6.31. The summed E-state index contributed by atoms with van der Waals surface area (Å²) in [6, 6.07) is 6.19. The molecule has 0 aliphatic carbocycles. The molecule has 2 N–H and O–H groups in total. The van der Waals surface area contributed by atoms with Gasteiger partial charge >= 0.3 is 0 Å². The fraction of sp³-hybridized carbons (Fsp3) is 0.600. The molecule has 0 aromatic heterocycles. The van der Waals surface area contributed by atoms with Crippen LogP contribution in [0.1, 0.15) is 18.9 Å². The zero-order valence-electron chi connectivity index (χ0n) is 12.5. The molecule has 0 fully saturated rings. The number of rotatable bonds is 7. The molecule has 0 amide bonds. The zero-order valence-corrected chi connectivity index (χ0v) is 13.2. The number of nitrogens with two attached hydrogens (primary N) is 1. The van der Waals surface area contributed by atoms with E-state index in [9.17, 15) is 0 Å². The van der Waals surface area contributed by atoms with E-state index in [1.807, 2.05) is 19.1 Å². The van der Waals surface area contributed by atoms with Crippen molar-refractivity contribution < 1.29 is 0 Å². The minimum Gasteiger partial charge on any atom is -0.374 e. The van der Waals surface area contributed by atoms with Gasteiger partial charge in [0.05, 0.1) is 0 Å². The van der Waals surface area contributed by atoms with E-state index in [4.69, 9.17) is 17.3 Å². The molecular weight excluding hydrogens is 258 g/mol. The Kier molecular flexibility index (Phi) is 6.63. The second-order valence-corrected chi connectivity index (χ2v) is 5.90. The van der Waals surface area contributed by atoms with Gasteiger partial charge < -0.3 is 15.5 Å². The van der Waals surface area contributed by atoms with Crippen molar-refractivity contribution in [3.05, 3.63) is 28.8 Å². The molecule has 0 bridgehead atoms. The van der Waals surface area contributed by atoms with Crippen LogP contribution in [0, 0.1) is 0 Å². The summed E-state index contributed by atoms with van der Waals surface area (Å²) < 4.78 is 0. The number of benzene rings is 1. The van der Waals surface area contributed by atoms with Gasteiger partial charge in [0.1, 0.15) is 0 Å². The van der Waals surface area contributed by atoms with Crippen molar-refractivity contribution >= 4 is 17.3 Å². The molecule has 0 saturated carbocycles. The van der Waals surface area contributed by atoms with Gasteiger partial charge in [0.25, 0.3) is 0 Å². The monoisotopic (exact) mass is 283 g/mol. The van der Waals surface area contributed by atoms with E-state index in [0.29, 0.717) is 0 Å². The quantitative estimate of drug-likeness (QED) is 0.835. The Morgan fingerprint density at radius 3 is 2.47 bits per heavy atom. The smallest absolute Gasteiger partial charge is 0.0459 e. The number of hydrogen-bond acceptors (Lipinski definition) is 3. The lowest BCUT2D eigenvalue weighted by atomic mass is 10.0. The van der Waals surface area contributed by atoms with Gasteiger partial charge in [-0.1, -0.05) is 17.7 Å². The lowest BCUT2D eigenvalue weighted by Crippen LogP contribution is -2.26. The molecule has 0 heterocycles. The first-order valence-corrected chi connectivity index (χ1v) is 7.18. The van der Waals surface area contributed by atoms with E-state index in [1.54, 1.807) is 0 Å². The molecule has 0 aliphatic rings. The molecule has 0 radical (unpaired) electrons. The van der Waals surface area contributed by atoms with Gasteiger partial charge in [-0.15, -0.1) is 0 Å². The Morgan fingerprint density at radius 1 is 1.21 bits per heavy atom. The van der Waals surface area contributed by atoms with E-state index in [2.05, 4.69) is 37.0 Å². The highest BCUT2D eigenvalue weighted by atomic mass is 35.5. The van der Waals surface area contributed by atoms with Crippen molar-refractivity contribution in [1.29, 1.82) is 0 Å². The Balaban J connectivity index is 2.77. The second-order valence-electron chi connectivity index (χ2n) is 5.50. The van der Waals surface area contributed by atoms with Crippen LogP contribution in [0.25, 0.3) is 0 Å². The summed E-state index contributed by atoms with van der Waals surface area (Å²) in [4.78, 5) is 4.47. The van der Waals surface area contributed by atoms with Gasteiger partial charge in [0, 0.05) is 30.3 Å². The van der Waals surface area contributed by atoms with Crippen molar-refractivity contribution in [2.24, 2.45) is 5.73 Å². The predicted octanol–water partition coefficient (Wildman–Crippen LogP) is 2.62. The number of hydrogen-bond donors (Lipinski definition) is 1. The van der Waals surface area contributed by atoms with E-state index >= 15 is 0 Å². The van der Waals surface area contributed by atoms with Crippen molar-refractivity contribution in [2.45, 2.75) is 25.8 Å². The molecule has 0 aliphatic heterocycles. The van der Waals surface area contributed by atoms with E-state index in [0.717, 1.165) is 36.5 Å². The van der Waals surface area contributed by atoms with Crippen molar-refractivity contribution in [3.8, 4) is 0 Å². The lowest BCUT2D eigenvalue weighted by Gasteiger charge is -2.24. The van der Waals surface area contributed by atoms with E-state index in [-0.39, 0.29) is 6.04 Å². The van der Waals surface area contributed by atoms with Crippen LogP contribution in [-0.4, -0.2) is 45.2 Å². The maximum Gasteiger partial charge on any atom is 0.0459 e. The van der Waals surface area contributed by atoms with Crippen LogP contribution in [0.15, 0.2) is 18.2 Å². The first kappa shape index (κ1) is 16.3. The highest BCUT2D eigenvalue weighted by Crippen LogP contribution is 2.28. The number of halogens is 1. The molecular formula is C15H26ClN3. The van der Waals surface area contributed by atoms with Gasteiger partial charge in [-0.3, -0.25) is 0 Å². The fourth-order valence-corrected chi connectivity index (χ4v) is 2.42. The van der Waals surface area contributed by atoms with Crippen LogP contribution >= 0.6 is 11.6 Å². The maximum atomic E-state index is 6.31. The standard InChI is InChI=1S/C15H26ClN3/c1-12(17)11-13-14(16)7-5-8-15(13)19(4)10-6-9-18(2)3/h5,7-8,12H,6,9-11,17H2,1-4H3. The summed E-state index contributed by atoms with van der Waals surface area (Å²) in [6.45, 7) is 4.12. The van der Waals surface area contributed by atoms with Crippen molar-refractivity contribution in [3.63, 3.8) is 0 Å². The topological polar surface area (TPSA) is 32.5 Å². The van der Waals surface area contributed by atoms with Crippen LogP contribution in [-0.2, 0) is 6.42 Å². The van der Waals surface area contributed by atoms with Crippen LogP contribution in [0.5, 0.6) is 0 Å². The molecule has 0 spiro atoms. The first-order valence-electron chi connectivity index (χ1n) is 6.80. The normalized spacial score (nSPS) is 12.8. The molecule has 1 aromatic carbocycles. The van der Waals surface area contributed by atoms with Crippen LogP contribution in [0.3, 0.4) is 0 Å². The Bertz CT molecular complexity index is 391. The maximum absolute atomic E-state index is 6.31. The first-order chi connectivity index (χ1) is 8.91. The second kappa shape index (κ2) is 7.73. The highest BCUT2D eigenvalue weighted by molar-refractivity contribution is 6.31. The van der Waals surface area contributed by atoms with E-state index in [1.165, 1.54) is 5.69 Å². The third-order valence-corrected chi connectivity index (χ3v) is 3.48. The molecule has 1 atom stereocenters. The summed E-state index contributed by atoms with van der Waals surface area (Å²) in [5.74, 6) is 0. The number of anilines is 1. The Labute approximate surface area is 122 Å². The highest BCUT2D eigenvalue weighted by Gasteiger charge is 2.12. The fourth-order valence-electron chi connectivity index (χ4n) is 2.17. The molecule has 108 valence electrons. The van der Waals surface area contributed by atoms with Gasteiger partial charge in [-0.25, -0.2) is 0 Å². The molecule has 1 rings (SSSR count). The minimum absolute atomic E-state index is 0.119. The van der Waals surface area contributed by atoms with Gasteiger partial charge in [0.2, 0.25) is 0 Å². The molecule has 1 unspecified atom stereocenters. The number of nitrogens with zero attached hydrogens (tertiary/aromatic N) is 2. The SMILES string of the molecule is CC(N)Cc1c(Cl)cccc1N(C)CCCN(C)C. The molecule has 0 saturated heterocycles. The third-order valence-electron chi connectivity index (χ3n) is 3.13. The summed E-state index contributed by atoms with van der Waals surface area (Å²) in [5, 5.41) is 0.814. The average Bonchev–Trinajstić information content (AvgIpc) is 2.30. The van der Waals surface area contributed by atoms with Crippen molar-refractivity contribution in [2.75, 3.05) is 39.1 Å². The predicted molar refractivity (Wildman–Crippen MR) is 85.2 cm³/mol. The molecule has 4 heteroatoms. The summed E-state index contributed by atoms with van der Waals surface area (Å²) >= 11 is 6.31. The van der Waals surface area contributed by atoms with Crippen molar-refractivity contribution in [1.82, 2.24) is 4.90 Å². The van der Waals surface area contributed by atoms with Crippen LogP contribution in [0.4, 0.5) is 5.69 Å². The third kappa shape index (κ3) is 5.39. The summed E-state index contributed by atoms with van der Waals surface area (Å²) in [5.41, 5.74) is 8.27. The van der Waals surface area contributed by atoms with Crippen LogP contribution in [0.2, 0.25) is 5.02 Å². The average molecular weight is 284 g/mol. The Morgan fingerprint density at radius 2 is 1.89 bits per heavy atom. The summed E-state index contributed by atoms with van der Waals surface area (Å²) in [6.07, 6.45) is 1.95. The van der Waals surface area contributed by atoms with Gasteiger partial charge in [0.15, 0.2) is 0 Å². The Hall–Kier alpha value is -0.770. The minimum atomic E-state index is 0.119. The zero-order chi connectivity index (χ0) is 14.4. The lowest BCUT2D eigenvalue weighted by molar-refractivity contribution is 0.401. The van der Waals surface area contributed by atoms with Gasteiger partial charge in [-0.2, -0.15) is 0 Å². The largest absolute Gasteiger partial charge is 0.374 e. The molecule has 3 nitrogen and oxygen atoms in total. The van der Waals surface area contributed by atoms with Crippen LogP contribution < -0.4 is 10.6 Å². The molecule has 1 aromatic rings. The van der Waals surface area contributed by atoms with E-state index < -0.39 is 0 Å². The molecule has 19 heavy (non-hydrogen) atoms. The van der Waals surface area contributed by atoms with Gasteiger partial charge in [-0.05, 0) is 58.1 Å².